The Balaban J connectivity index is 1.71. The third-order valence-corrected chi connectivity index (χ3v) is 6.40. The van der Waals surface area contributed by atoms with Gasteiger partial charge in [0.15, 0.2) is 0 Å². The van der Waals surface area contributed by atoms with Crippen LogP contribution in [0.15, 0.2) is 43.0 Å². The molecule has 1 aromatic carbocycles. The van der Waals surface area contributed by atoms with Gasteiger partial charge in [0.1, 0.15) is 18.1 Å². The molecule has 14 nitrogen and oxygen atoms in total. The second-order valence-corrected chi connectivity index (χ2v) is 10.2. The molecular formula is C27H35N7O7. The van der Waals surface area contributed by atoms with Gasteiger partial charge in [-0.3, -0.25) is 19.2 Å². The lowest BCUT2D eigenvalue weighted by Gasteiger charge is -2.25. The number of imidazole rings is 1. The van der Waals surface area contributed by atoms with Gasteiger partial charge >= 0.3 is 11.9 Å². The minimum Gasteiger partial charge on any atom is -0.481 e. The van der Waals surface area contributed by atoms with Crippen molar-refractivity contribution in [1.29, 1.82) is 0 Å². The molecule has 2 heterocycles. The van der Waals surface area contributed by atoms with Crippen LogP contribution in [0.4, 0.5) is 0 Å². The first-order valence-corrected chi connectivity index (χ1v) is 13.1. The number of H-pyrrole nitrogens is 2. The number of benzene rings is 1. The van der Waals surface area contributed by atoms with Crippen molar-refractivity contribution in [2.45, 2.75) is 63.7 Å². The highest BCUT2D eigenvalue weighted by Crippen LogP contribution is 2.19. The topological polar surface area (TPSA) is 232 Å². The number of hydrogen-bond acceptors (Lipinski definition) is 7. The maximum atomic E-state index is 13.2. The Morgan fingerprint density at radius 3 is 2.20 bits per heavy atom. The lowest BCUT2D eigenvalue weighted by Crippen LogP contribution is -2.58. The maximum Gasteiger partial charge on any atom is 0.326 e. The summed E-state index contributed by atoms with van der Waals surface area (Å²) in [6, 6.07) is 2.11. The first-order valence-electron chi connectivity index (χ1n) is 13.1. The van der Waals surface area contributed by atoms with Crippen LogP contribution in [0.2, 0.25) is 0 Å². The lowest BCUT2D eigenvalue weighted by atomic mass is 10.0. The fraction of sp³-hybridized carbons (Fsp3) is 0.407. The zero-order valence-corrected chi connectivity index (χ0v) is 22.7. The largest absolute Gasteiger partial charge is 0.481 e. The molecule has 0 aliphatic rings. The number of hydrogen-bond donors (Lipinski definition) is 8. The average molecular weight is 570 g/mol. The summed E-state index contributed by atoms with van der Waals surface area (Å²) >= 11 is 0. The van der Waals surface area contributed by atoms with Gasteiger partial charge in [0.2, 0.25) is 17.7 Å². The van der Waals surface area contributed by atoms with Crippen LogP contribution in [0.25, 0.3) is 10.9 Å². The van der Waals surface area contributed by atoms with Crippen molar-refractivity contribution in [2.24, 2.45) is 11.7 Å². The Morgan fingerprint density at radius 2 is 1.56 bits per heavy atom. The molecule has 4 atom stereocenters. The summed E-state index contributed by atoms with van der Waals surface area (Å²) in [6.45, 7) is 3.64. The summed E-state index contributed by atoms with van der Waals surface area (Å²) in [5.74, 6) is -5.19. The summed E-state index contributed by atoms with van der Waals surface area (Å²) in [7, 11) is 0. The minimum atomic E-state index is -1.60. The molecule has 0 radical (unpaired) electrons. The number of carbonyl (C=O) groups is 5. The molecule has 0 fully saturated rings. The minimum absolute atomic E-state index is 0.0609. The molecule has 14 heteroatoms. The molecule has 220 valence electrons. The predicted molar refractivity (Wildman–Crippen MR) is 147 cm³/mol. The Labute approximate surface area is 235 Å². The van der Waals surface area contributed by atoms with E-state index >= 15 is 0 Å². The molecule has 0 aliphatic carbocycles. The summed E-state index contributed by atoms with van der Waals surface area (Å²) in [5, 5.41) is 27.2. The summed E-state index contributed by atoms with van der Waals surface area (Å²) in [5.41, 5.74) is 8.03. The zero-order valence-electron chi connectivity index (χ0n) is 22.7. The normalized spacial score (nSPS) is 14.1. The Hall–Kier alpha value is -4.72. The number of nitrogens with two attached hydrogens (primary N) is 1. The summed E-state index contributed by atoms with van der Waals surface area (Å²) in [4.78, 5) is 72.3. The van der Waals surface area contributed by atoms with Gasteiger partial charge in [-0.2, -0.15) is 0 Å². The van der Waals surface area contributed by atoms with Crippen molar-refractivity contribution < 1.29 is 34.2 Å². The molecule has 4 unspecified atom stereocenters. The number of carboxylic acid groups (broad SMARTS) is 2. The van der Waals surface area contributed by atoms with E-state index in [9.17, 15) is 34.2 Å². The highest BCUT2D eigenvalue weighted by molar-refractivity contribution is 5.96. The molecule has 0 spiro atoms. The van der Waals surface area contributed by atoms with Crippen molar-refractivity contribution in [1.82, 2.24) is 30.9 Å². The number of rotatable bonds is 15. The van der Waals surface area contributed by atoms with Gasteiger partial charge in [0.05, 0.1) is 18.8 Å². The van der Waals surface area contributed by atoms with Crippen LogP contribution < -0.4 is 21.7 Å². The van der Waals surface area contributed by atoms with Gasteiger partial charge in [-0.05, 0) is 24.0 Å². The number of aromatic nitrogens is 3. The highest BCUT2D eigenvalue weighted by Gasteiger charge is 2.32. The second-order valence-electron chi connectivity index (χ2n) is 10.2. The number of carbonyl (C=O) groups excluding carboxylic acids is 3. The molecule has 3 rings (SSSR count). The fourth-order valence-corrected chi connectivity index (χ4v) is 4.36. The molecule has 0 aliphatic heterocycles. The second kappa shape index (κ2) is 14.1. The number of nitrogens with one attached hydrogen (secondary N) is 5. The summed E-state index contributed by atoms with van der Waals surface area (Å²) in [6.07, 6.45) is 4.02. The van der Waals surface area contributed by atoms with E-state index in [4.69, 9.17) is 5.73 Å². The predicted octanol–water partition coefficient (Wildman–Crippen LogP) is 0.0633. The zero-order chi connectivity index (χ0) is 30.1. The number of amides is 3. The Morgan fingerprint density at radius 1 is 0.902 bits per heavy atom. The van der Waals surface area contributed by atoms with Crippen LogP contribution in [-0.4, -0.2) is 79.0 Å². The molecule has 3 amide bonds. The molecule has 41 heavy (non-hydrogen) atoms. The number of carboxylic acids is 2. The Kier molecular flexibility index (Phi) is 10.6. The molecule has 2 aromatic heterocycles. The van der Waals surface area contributed by atoms with Crippen molar-refractivity contribution in [3.8, 4) is 0 Å². The van der Waals surface area contributed by atoms with E-state index in [-0.39, 0.29) is 25.2 Å². The van der Waals surface area contributed by atoms with Crippen LogP contribution in [0.3, 0.4) is 0 Å². The van der Waals surface area contributed by atoms with Gasteiger partial charge in [-0.25, -0.2) is 9.78 Å². The third kappa shape index (κ3) is 8.89. The van der Waals surface area contributed by atoms with Gasteiger partial charge in [0.25, 0.3) is 0 Å². The molecule has 0 saturated carbocycles. The van der Waals surface area contributed by atoms with E-state index in [0.29, 0.717) is 11.3 Å². The molecular weight excluding hydrogens is 534 g/mol. The number of aliphatic carboxylic acids is 2. The smallest absolute Gasteiger partial charge is 0.326 e. The SMILES string of the molecule is CC(C)CC(NC(=O)C(N)Cc1cnc[nH]1)C(=O)NC(CC(=O)O)C(=O)NC(Cc1c[nH]c2ccccc12)C(=O)O. The number of aromatic amines is 2. The van der Waals surface area contributed by atoms with Crippen molar-refractivity contribution >= 4 is 40.6 Å². The monoisotopic (exact) mass is 569 g/mol. The van der Waals surface area contributed by atoms with E-state index in [1.165, 1.54) is 12.5 Å². The first-order chi connectivity index (χ1) is 19.4. The first kappa shape index (κ1) is 30.8. The van der Waals surface area contributed by atoms with E-state index in [1.54, 1.807) is 18.3 Å². The van der Waals surface area contributed by atoms with E-state index in [1.807, 2.05) is 26.0 Å². The quantitative estimate of drug-likeness (QED) is 0.123. The van der Waals surface area contributed by atoms with E-state index in [0.717, 1.165) is 10.9 Å². The van der Waals surface area contributed by atoms with Crippen LogP contribution in [-0.2, 0) is 36.8 Å². The van der Waals surface area contributed by atoms with E-state index in [2.05, 4.69) is 30.9 Å². The van der Waals surface area contributed by atoms with Gasteiger partial charge < -0.3 is 41.9 Å². The lowest BCUT2D eigenvalue weighted by molar-refractivity contribution is -0.143. The van der Waals surface area contributed by atoms with Crippen molar-refractivity contribution in [3.05, 3.63) is 54.2 Å². The third-order valence-electron chi connectivity index (χ3n) is 6.40. The summed E-state index contributed by atoms with van der Waals surface area (Å²) < 4.78 is 0. The number of fused-ring (bicyclic) bond motifs is 1. The van der Waals surface area contributed by atoms with Gasteiger partial charge in [0, 0.05) is 41.8 Å². The van der Waals surface area contributed by atoms with Crippen LogP contribution >= 0.6 is 0 Å². The average Bonchev–Trinajstić information content (AvgIpc) is 3.56. The highest BCUT2D eigenvalue weighted by atomic mass is 16.4. The molecule has 0 bridgehead atoms. The van der Waals surface area contributed by atoms with Crippen LogP contribution in [0.1, 0.15) is 37.9 Å². The van der Waals surface area contributed by atoms with Crippen molar-refractivity contribution in [3.63, 3.8) is 0 Å². The van der Waals surface area contributed by atoms with Gasteiger partial charge in [-0.15, -0.1) is 0 Å². The molecule has 3 aromatic rings. The number of nitrogens with zero attached hydrogens (tertiary/aromatic N) is 1. The Bertz CT molecular complexity index is 1370. The van der Waals surface area contributed by atoms with Gasteiger partial charge in [-0.1, -0.05) is 32.0 Å². The fourth-order valence-electron chi connectivity index (χ4n) is 4.36. The standard InChI is InChI=1S/C27H35N7O7/c1-14(2)7-20(32-24(37)18(28)9-16-12-29-13-31-16)25(38)33-21(10-23(35)36)26(39)34-22(27(40)41)8-15-11-30-19-6-4-3-5-17(15)19/h3-6,11-14,18,20-22,30H,7-10,28H2,1-2H3,(H,29,31)(H,32,37)(H,33,38)(H,34,39)(H,35,36)(H,40,41). The maximum absolute atomic E-state index is 13.2. The van der Waals surface area contributed by atoms with Crippen molar-refractivity contribution in [2.75, 3.05) is 0 Å². The molecule has 0 saturated heterocycles. The number of para-hydroxylation sites is 1. The van der Waals surface area contributed by atoms with Crippen LogP contribution in [0.5, 0.6) is 0 Å². The molecule has 9 N–H and O–H groups in total. The van der Waals surface area contributed by atoms with E-state index < -0.39 is 60.2 Å². The van der Waals surface area contributed by atoms with Crippen LogP contribution in [0, 0.1) is 5.92 Å².